The number of rotatable bonds is 4. The van der Waals surface area contributed by atoms with Gasteiger partial charge in [-0.25, -0.2) is 9.97 Å². The van der Waals surface area contributed by atoms with Crippen LogP contribution in [0.3, 0.4) is 0 Å². The topological polar surface area (TPSA) is 93.8 Å². The Morgan fingerprint density at radius 3 is 2.73 bits per heavy atom. The highest BCUT2D eigenvalue weighted by Crippen LogP contribution is 2.25. The third kappa shape index (κ3) is 2.75. The van der Waals surface area contributed by atoms with Crippen molar-refractivity contribution < 1.29 is 4.79 Å². The van der Waals surface area contributed by atoms with Crippen molar-refractivity contribution in [3.63, 3.8) is 0 Å². The third-order valence-corrected chi connectivity index (χ3v) is 3.84. The first kappa shape index (κ1) is 14.4. The first-order chi connectivity index (χ1) is 10.5. The van der Waals surface area contributed by atoms with Crippen LogP contribution in [0.25, 0.3) is 21.6 Å². The normalized spacial score (nSPS) is 11.0. The molecule has 3 rings (SSSR count). The van der Waals surface area contributed by atoms with E-state index >= 15 is 0 Å². The van der Waals surface area contributed by atoms with Crippen LogP contribution in [0.1, 0.15) is 24.2 Å². The van der Waals surface area contributed by atoms with Gasteiger partial charge in [-0.15, -0.1) is 11.3 Å². The van der Waals surface area contributed by atoms with Crippen LogP contribution in [0.5, 0.6) is 0 Å². The van der Waals surface area contributed by atoms with E-state index in [1.165, 1.54) is 11.3 Å². The maximum absolute atomic E-state index is 11.7. The Hall–Kier alpha value is -2.54. The zero-order valence-corrected chi connectivity index (χ0v) is 13.0. The first-order valence-electron chi connectivity index (χ1n) is 6.81. The minimum atomic E-state index is -0.525. The number of aromatic nitrogens is 3. The molecule has 0 aliphatic carbocycles. The molecule has 22 heavy (non-hydrogen) atoms. The van der Waals surface area contributed by atoms with Gasteiger partial charge in [-0.3, -0.25) is 9.78 Å². The Kier molecular flexibility index (Phi) is 3.72. The van der Waals surface area contributed by atoms with Gasteiger partial charge in [-0.05, 0) is 32.0 Å². The fraction of sp³-hybridized carbons (Fsp3) is 0.200. The molecule has 0 saturated heterocycles. The van der Waals surface area contributed by atoms with Crippen molar-refractivity contribution in [2.24, 2.45) is 5.73 Å². The van der Waals surface area contributed by atoms with E-state index in [4.69, 9.17) is 5.73 Å². The van der Waals surface area contributed by atoms with Crippen LogP contribution in [0, 0.1) is 0 Å². The summed E-state index contributed by atoms with van der Waals surface area (Å²) in [6, 6.07) is 5.60. The summed E-state index contributed by atoms with van der Waals surface area (Å²) >= 11 is 1.51. The predicted octanol–water partition coefficient (Wildman–Crippen LogP) is 2.67. The summed E-state index contributed by atoms with van der Waals surface area (Å²) in [5.74, 6) is -0.0371. The number of thiazole rings is 1. The van der Waals surface area contributed by atoms with Gasteiger partial charge in [0.05, 0.1) is 32.7 Å². The predicted molar refractivity (Wildman–Crippen MR) is 87.9 cm³/mol. The van der Waals surface area contributed by atoms with Crippen molar-refractivity contribution in [1.29, 1.82) is 0 Å². The number of carbonyl (C=O) groups excluding carboxylic acids is 1. The Morgan fingerprint density at radius 1 is 1.27 bits per heavy atom. The zero-order chi connectivity index (χ0) is 15.7. The molecule has 0 aliphatic heterocycles. The molecule has 0 atom stereocenters. The van der Waals surface area contributed by atoms with Crippen LogP contribution in [-0.2, 0) is 0 Å². The van der Waals surface area contributed by atoms with Crippen molar-refractivity contribution in [2.75, 3.05) is 5.32 Å². The van der Waals surface area contributed by atoms with Crippen molar-refractivity contribution in [2.45, 2.75) is 19.9 Å². The molecule has 0 unspecified atom stereocenters. The van der Waals surface area contributed by atoms with E-state index < -0.39 is 5.91 Å². The highest BCUT2D eigenvalue weighted by molar-refractivity contribution is 7.13. The Morgan fingerprint density at radius 2 is 2.09 bits per heavy atom. The number of anilines is 1. The number of amides is 1. The molecule has 0 aromatic carbocycles. The molecule has 3 aromatic heterocycles. The molecule has 0 radical (unpaired) electrons. The summed E-state index contributed by atoms with van der Waals surface area (Å²) in [4.78, 5) is 25.7. The van der Waals surface area contributed by atoms with Gasteiger partial charge in [0, 0.05) is 12.2 Å². The molecule has 3 N–H and O–H groups in total. The van der Waals surface area contributed by atoms with Gasteiger partial charge in [0.15, 0.2) is 0 Å². The maximum atomic E-state index is 11.7. The summed E-state index contributed by atoms with van der Waals surface area (Å²) < 4.78 is 0. The van der Waals surface area contributed by atoms with Gasteiger partial charge in [0.2, 0.25) is 0 Å². The lowest BCUT2D eigenvalue weighted by molar-refractivity contribution is 0.100. The van der Waals surface area contributed by atoms with E-state index in [0.717, 1.165) is 10.6 Å². The van der Waals surface area contributed by atoms with E-state index in [1.807, 2.05) is 26.0 Å². The summed E-state index contributed by atoms with van der Waals surface area (Å²) in [5.41, 5.74) is 9.70. The number of nitrogens with zero attached hydrogens (tertiary/aromatic N) is 3. The summed E-state index contributed by atoms with van der Waals surface area (Å²) in [6.07, 6.45) is 1.76. The van der Waals surface area contributed by atoms with E-state index in [0.29, 0.717) is 22.4 Å². The number of hydrogen-bond donors (Lipinski definition) is 2. The number of nitrogens with two attached hydrogens (primary N) is 1. The van der Waals surface area contributed by atoms with Crippen LogP contribution >= 0.6 is 11.3 Å². The summed E-state index contributed by atoms with van der Waals surface area (Å²) in [7, 11) is 0. The number of pyridine rings is 2. The van der Waals surface area contributed by atoms with Crippen molar-refractivity contribution in [1.82, 2.24) is 15.0 Å². The monoisotopic (exact) mass is 313 g/mol. The maximum Gasteiger partial charge on any atom is 0.252 e. The van der Waals surface area contributed by atoms with Gasteiger partial charge in [0.25, 0.3) is 5.91 Å². The first-order valence-corrected chi connectivity index (χ1v) is 7.69. The fourth-order valence-electron chi connectivity index (χ4n) is 2.10. The van der Waals surface area contributed by atoms with Crippen LogP contribution in [0.2, 0.25) is 0 Å². The Labute approximate surface area is 131 Å². The molecule has 7 heteroatoms. The third-order valence-electron chi connectivity index (χ3n) is 3.05. The standard InChI is InChI=1S/C15H15N5OS/c1-8(2)18-15-9(14(16)21)5-12-10(20-15)3-4-11(19-12)13-6-17-7-22-13/h3-8H,1-2H3,(H2,16,21)(H,18,20). The zero-order valence-electron chi connectivity index (χ0n) is 12.2. The number of nitrogens with one attached hydrogen (secondary N) is 1. The van der Waals surface area contributed by atoms with Gasteiger partial charge in [0.1, 0.15) is 5.82 Å². The van der Waals surface area contributed by atoms with Crippen molar-refractivity contribution in [3.05, 3.63) is 35.5 Å². The Balaban J connectivity index is 2.15. The molecule has 6 nitrogen and oxygen atoms in total. The lowest BCUT2D eigenvalue weighted by Gasteiger charge is -2.13. The largest absolute Gasteiger partial charge is 0.367 e. The summed E-state index contributed by atoms with van der Waals surface area (Å²) in [5, 5.41) is 3.14. The van der Waals surface area contributed by atoms with Crippen LogP contribution in [0.4, 0.5) is 5.82 Å². The van der Waals surface area contributed by atoms with Gasteiger partial charge >= 0.3 is 0 Å². The lowest BCUT2D eigenvalue weighted by atomic mass is 10.2. The highest BCUT2D eigenvalue weighted by atomic mass is 32.1. The molecule has 0 bridgehead atoms. The smallest absolute Gasteiger partial charge is 0.252 e. The second-order valence-corrected chi connectivity index (χ2v) is 6.03. The van der Waals surface area contributed by atoms with Crippen molar-refractivity contribution >= 4 is 34.1 Å². The second kappa shape index (κ2) is 5.69. The van der Waals surface area contributed by atoms with E-state index in [1.54, 1.807) is 17.8 Å². The molecular weight excluding hydrogens is 298 g/mol. The molecular formula is C15H15N5OS. The molecule has 3 aromatic rings. The molecule has 112 valence electrons. The number of carbonyl (C=O) groups is 1. The number of fused-ring (bicyclic) bond motifs is 1. The fourth-order valence-corrected chi connectivity index (χ4v) is 2.70. The number of hydrogen-bond acceptors (Lipinski definition) is 6. The number of primary amides is 1. The minimum Gasteiger partial charge on any atom is -0.367 e. The molecule has 0 saturated carbocycles. The Bertz CT molecular complexity index is 829. The van der Waals surface area contributed by atoms with Crippen LogP contribution in [0.15, 0.2) is 29.9 Å². The van der Waals surface area contributed by atoms with E-state index in [9.17, 15) is 4.79 Å². The lowest BCUT2D eigenvalue weighted by Crippen LogP contribution is -2.19. The highest BCUT2D eigenvalue weighted by Gasteiger charge is 2.14. The van der Waals surface area contributed by atoms with Gasteiger partial charge in [-0.2, -0.15) is 0 Å². The van der Waals surface area contributed by atoms with E-state index in [-0.39, 0.29) is 6.04 Å². The minimum absolute atomic E-state index is 0.146. The SMILES string of the molecule is CC(C)Nc1nc2ccc(-c3cncs3)nc2cc1C(N)=O. The quantitative estimate of drug-likeness (QED) is 0.772. The molecule has 3 heterocycles. The van der Waals surface area contributed by atoms with Crippen LogP contribution in [-0.4, -0.2) is 26.9 Å². The van der Waals surface area contributed by atoms with Crippen molar-refractivity contribution in [3.8, 4) is 10.6 Å². The molecule has 1 amide bonds. The summed E-state index contributed by atoms with van der Waals surface area (Å²) in [6.45, 7) is 3.95. The van der Waals surface area contributed by atoms with E-state index in [2.05, 4.69) is 20.3 Å². The molecule has 0 aliphatic rings. The molecule has 0 fully saturated rings. The van der Waals surface area contributed by atoms with Gasteiger partial charge in [-0.1, -0.05) is 0 Å². The van der Waals surface area contributed by atoms with Gasteiger partial charge < -0.3 is 11.1 Å². The second-order valence-electron chi connectivity index (χ2n) is 5.15. The van der Waals surface area contributed by atoms with Crippen LogP contribution < -0.4 is 11.1 Å². The average molecular weight is 313 g/mol. The average Bonchev–Trinajstić information content (AvgIpc) is 2.99. The molecule has 0 spiro atoms.